The van der Waals surface area contributed by atoms with Crippen LogP contribution in [0.4, 0.5) is 8.78 Å². The number of morpholine rings is 2. The number of amides is 2. The van der Waals surface area contributed by atoms with E-state index in [2.05, 4.69) is 45.2 Å². The zero-order chi connectivity index (χ0) is 55.0. The van der Waals surface area contributed by atoms with Crippen molar-refractivity contribution in [1.29, 1.82) is 0 Å². The van der Waals surface area contributed by atoms with Gasteiger partial charge in [0.25, 0.3) is 11.8 Å². The third kappa shape index (κ3) is 14.0. The van der Waals surface area contributed by atoms with E-state index >= 15 is 0 Å². The summed E-state index contributed by atoms with van der Waals surface area (Å²) in [6.07, 6.45) is -2.62. The topological polar surface area (TPSA) is 77.5 Å². The Balaban J connectivity index is 0.000000190. The molecule has 2 fully saturated rings. The molecule has 400 valence electrons. The van der Waals surface area contributed by atoms with Crippen LogP contribution < -0.4 is 9.47 Å². The van der Waals surface area contributed by atoms with Gasteiger partial charge < -0.3 is 28.7 Å². The molecular weight excluding hydrogens is 1300 g/mol. The van der Waals surface area contributed by atoms with Gasteiger partial charge in [-0.2, -0.15) is 0 Å². The highest BCUT2D eigenvalue weighted by Crippen LogP contribution is 2.46. The molecule has 2 aliphatic rings. The van der Waals surface area contributed by atoms with E-state index in [1.54, 1.807) is 74.9 Å². The quantitative estimate of drug-likeness (QED) is 0.101. The van der Waals surface area contributed by atoms with Gasteiger partial charge in [-0.3, -0.25) is 9.59 Å². The molecule has 6 atom stereocenters. The van der Waals surface area contributed by atoms with E-state index in [0.717, 1.165) is 52.0 Å². The number of benzene rings is 8. The molecule has 0 bridgehead atoms. The van der Waals surface area contributed by atoms with Crippen molar-refractivity contribution >= 4 is 103 Å². The number of hydrogen-bond acceptors (Lipinski definition) is 6. The molecule has 0 saturated carbocycles. The minimum Gasteiger partial charge on any atom is -0.497 e. The van der Waals surface area contributed by atoms with Crippen LogP contribution in [0.15, 0.2) is 182 Å². The van der Waals surface area contributed by atoms with Crippen LogP contribution in [-0.2, 0) is 45.0 Å². The van der Waals surface area contributed by atoms with Crippen molar-refractivity contribution < 1.29 is 37.3 Å². The van der Waals surface area contributed by atoms with E-state index in [1.807, 2.05) is 119 Å². The lowest BCUT2D eigenvalue weighted by atomic mass is 9.90. The van der Waals surface area contributed by atoms with Gasteiger partial charge >= 0.3 is 0 Å². The summed E-state index contributed by atoms with van der Waals surface area (Å²) < 4.78 is 55.0. The van der Waals surface area contributed by atoms with Crippen LogP contribution in [0.1, 0.15) is 68.8 Å². The predicted octanol–water partition coefficient (Wildman–Crippen LogP) is 16.4. The Kier molecular flexibility index (Phi) is 19.4. The van der Waals surface area contributed by atoms with Gasteiger partial charge in [-0.05, 0) is 187 Å². The number of nitrogens with zero attached hydrogens (tertiary/aromatic N) is 2. The normalized spacial score (nSPS) is 19.3. The van der Waals surface area contributed by atoms with Crippen LogP contribution in [0.2, 0.25) is 20.1 Å². The second kappa shape index (κ2) is 26.3. The molecule has 2 heterocycles. The lowest BCUT2D eigenvalue weighted by Gasteiger charge is -2.45. The highest BCUT2D eigenvalue weighted by molar-refractivity contribution is 14.1. The number of carbonyl (C=O) groups is 2. The average molecular weight is 1350 g/mol. The summed E-state index contributed by atoms with van der Waals surface area (Å²) in [5, 5.41) is 2.39. The Bertz CT molecular complexity index is 3120. The molecule has 8 nitrogen and oxygen atoms in total. The molecule has 78 heavy (non-hydrogen) atoms. The lowest BCUT2D eigenvalue weighted by Crippen LogP contribution is -2.51. The summed E-state index contributed by atoms with van der Waals surface area (Å²) in [7, 11) is 3.23. The molecule has 2 amide bonds. The van der Waals surface area contributed by atoms with Gasteiger partial charge in [0, 0.05) is 53.2 Å². The maximum absolute atomic E-state index is 14.9. The minimum atomic E-state index is -0.887. The fourth-order valence-electron chi connectivity index (χ4n) is 9.70. The third-order valence-electron chi connectivity index (χ3n) is 13.7. The van der Waals surface area contributed by atoms with Crippen LogP contribution in [0.5, 0.6) is 11.5 Å². The van der Waals surface area contributed by atoms with Gasteiger partial charge in [0.1, 0.15) is 47.5 Å². The van der Waals surface area contributed by atoms with E-state index < -0.39 is 36.5 Å². The first-order valence-corrected chi connectivity index (χ1v) is 28.4. The summed E-state index contributed by atoms with van der Waals surface area (Å²) in [5.74, 6) is 0.313. The van der Waals surface area contributed by atoms with Crippen molar-refractivity contribution in [2.45, 2.75) is 62.4 Å². The Labute approximate surface area is 499 Å². The molecule has 0 N–H and O–H groups in total. The second-order valence-electron chi connectivity index (χ2n) is 18.7. The van der Waals surface area contributed by atoms with Crippen LogP contribution in [0.3, 0.4) is 0 Å². The monoisotopic (exact) mass is 1350 g/mol. The van der Waals surface area contributed by atoms with E-state index in [1.165, 1.54) is 12.1 Å². The van der Waals surface area contributed by atoms with E-state index in [-0.39, 0.29) is 36.3 Å². The number of carbonyl (C=O) groups excluding carboxylic acids is 2. The number of halogens is 8. The first-order valence-electron chi connectivity index (χ1n) is 24.7. The van der Waals surface area contributed by atoms with Gasteiger partial charge in [-0.25, -0.2) is 8.78 Å². The predicted molar refractivity (Wildman–Crippen MR) is 319 cm³/mol. The Hall–Kier alpha value is -5.30. The summed E-state index contributed by atoms with van der Waals surface area (Å²) in [5.41, 5.74) is 6.19. The molecule has 0 spiro atoms. The summed E-state index contributed by atoms with van der Waals surface area (Å²) in [6.45, 7) is 0.657. The molecule has 0 aromatic heterocycles. The number of rotatable bonds is 14. The Morgan fingerprint density at radius 1 is 0.449 bits per heavy atom. The first kappa shape index (κ1) is 57.4. The molecule has 10 rings (SSSR count). The summed E-state index contributed by atoms with van der Waals surface area (Å²) in [6, 6.07) is 54.0. The van der Waals surface area contributed by atoms with Crippen LogP contribution >= 0.6 is 91.6 Å². The largest absolute Gasteiger partial charge is 0.497 e. The summed E-state index contributed by atoms with van der Waals surface area (Å²) >= 11 is 29.0. The van der Waals surface area contributed by atoms with Gasteiger partial charge in [-0.15, -0.1) is 0 Å². The van der Waals surface area contributed by atoms with Gasteiger partial charge in [0.05, 0.1) is 26.3 Å². The molecule has 0 radical (unpaired) electrons. The minimum absolute atomic E-state index is 0.109. The van der Waals surface area contributed by atoms with Gasteiger partial charge in [0.2, 0.25) is 0 Å². The van der Waals surface area contributed by atoms with Crippen molar-refractivity contribution in [2.75, 3.05) is 14.2 Å². The molecule has 1 unspecified atom stereocenters. The SMILES string of the molecule is COc1ccc(CN2C(=O)[C@@H](Cc3ccc(I)cc3F)O[C@H](c3ccc(Cl)cc3)C2c2ccc(Cl)cc2)cc1.COc1ccc(CN2C(=O)[C@H](Cc3ccc(I)cc3F)O[C@@H](c3ccc(Cl)cc3)[C@H]2c2ccc(Cl)cc2)cc1. The third-order valence-corrected chi connectivity index (χ3v) is 16.0. The van der Waals surface area contributed by atoms with Crippen molar-refractivity contribution in [3.8, 4) is 11.5 Å². The lowest BCUT2D eigenvalue weighted by molar-refractivity contribution is -0.176. The summed E-state index contributed by atoms with van der Waals surface area (Å²) in [4.78, 5) is 31.9. The maximum atomic E-state index is 14.9. The molecule has 8 aromatic carbocycles. The molecule has 2 aliphatic heterocycles. The van der Waals surface area contributed by atoms with E-state index in [0.29, 0.717) is 44.3 Å². The fraction of sp³-hybridized carbons (Fsp3) is 0.194. The highest BCUT2D eigenvalue weighted by atomic mass is 127. The maximum Gasteiger partial charge on any atom is 0.253 e. The van der Waals surface area contributed by atoms with Crippen LogP contribution in [0.25, 0.3) is 0 Å². The smallest absolute Gasteiger partial charge is 0.253 e. The standard InChI is InChI=1S/2C31H25Cl2FINO3/c2*1-38-26-14-2-19(3-15-26)18-36-29(20-4-9-23(32)10-5-20)30(21-6-11-24(33)12-7-21)39-28(31(36)37)16-22-8-13-25(35)17-27(22)34/h2*2-15,17,28-30H,16,18H2,1H3/t28-,29?,30-;28-,29+,30-/m10/s1. The highest BCUT2D eigenvalue weighted by Gasteiger charge is 2.46. The second-order valence-corrected chi connectivity index (χ2v) is 22.9. The average Bonchev–Trinajstić information content (AvgIpc) is 3.53. The van der Waals surface area contributed by atoms with E-state index in [9.17, 15) is 18.4 Å². The van der Waals surface area contributed by atoms with Gasteiger partial charge in [0.15, 0.2) is 0 Å². The first-order chi connectivity index (χ1) is 37.6. The molecule has 2 saturated heterocycles. The Morgan fingerprint density at radius 2 is 0.756 bits per heavy atom. The zero-order valence-corrected chi connectivity index (χ0v) is 49.3. The Morgan fingerprint density at radius 3 is 1.05 bits per heavy atom. The van der Waals surface area contributed by atoms with Crippen LogP contribution in [-0.4, -0.2) is 48.0 Å². The number of ether oxygens (including phenoxy) is 4. The molecule has 0 aliphatic carbocycles. The molecule has 8 aromatic rings. The van der Waals surface area contributed by atoms with Crippen molar-refractivity contribution in [2.24, 2.45) is 0 Å². The van der Waals surface area contributed by atoms with Gasteiger partial charge in [-0.1, -0.05) is 131 Å². The van der Waals surface area contributed by atoms with E-state index in [4.69, 9.17) is 65.4 Å². The molecular formula is C62H50Cl4F2I2N2O6. The van der Waals surface area contributed by atoms with Crippen molar-refractivity contribution in [3.05, 3.63) is 265 Å². The number of hydrogen-bond donors (Lipinski definition) is 0. The zero-order valence-electron chi connectivity index (χ0n) is 42.0. The van der Waals surface area contributed by atoms with Crippen molar-refractivity contribution in [3.63, 3.8) is 0 Å². The fourth-order valence-corrected chi connectivity index (χ4v) is 11.1. The van der Waals surface area contributed by atoms with Crippen molar-refractivity contribution in [1.82, 2.24) is 9.80 Å². The molecule has 16 heteroatoms. The number of methoxy groups -OCH3 is 2. The van der Waals surface area contributed by atoms with Crippen LogP contribution in [0, 0.1) is 18.8 Å².